The van der Waals surface area contributed by atoms with Gasteiger partial charge in [0.1, 0.15) is 5.82 Å². The third kappa shape index (κ3) is 5.18. The molecule has 196 valence electrons. The minimum Gasteiger partial charge on any atom is -0.420 e. The number of anilines is 1. The molecule has 5 rings (SSSR count). The number of piperidine rings is 1. The summed E-state index contributed by atoms with van der Waals surface area (Å²) in [6.07, 6.45) is 5.15. The van der Waals surface area contributed by atoms with E-state index in [0.29, 0.717) is 0 Å². The Bertz CT molecular complexity index is 1480. The van der Waals surface area contributed by atoms with Crippen molar-refractivity contribution in [3.8, 4) is 0 Å². The van der Waals surface area contributed by atoms with Crippen LogP contribution in [0.15, 0.2) is 83.5 Å². The lowest BCUT2D eigenvalue weighted by Crippen LogP contribution is -2.38. The summed E-state index contributed by atoms with van der Waals surface area (Å²) in [5.74, 6) is -1.39. The number of nitrogens with one attached hydrogen (secondary N) is 1. The number of hydrogen-bond donors (Lipinski definition) is 1. The number of hydrogen-bond acceptors (Lipinski definition) is 7. The quantitative estimate of drug-likeness (QED) is 0.480. The van der Waals surface area contributed by atoms with E-state index in [1.807, 2.05) is 12.1 Å². The minimum absolute atomic E-state index is 0.0587. The molecule has 0 radical (unpaired) electrons. The number of ether oxygens (including phenoxy) is 1. The van der Waals surface area contributed by atoms with Gasteiger partial charge in [-0.25, -0.2) is 18.2 Å². The van der Waals surface area contributed by atoms with Gasteiger partial charge in [-0.1, -0.05) is 36.8 Å². The highest BCUT2D eigenvalue weighted by molar-refractivity contribution is 7.89. The molecule has 3 aromatic rings. The average molecular weight is 533 g/mol. The summed E-state index contributed by atoms with van der Waals surface area (Å²) in [6, 6.07) is 18.2. The van der Waals surface area contributed by atoms with Gasteiger partial charge in [-0.05, 0) is 67.9 Å². The Labute approximate surface area is 221 Å². The van der Waals surface area contributed by atoms with Crippen LogP contribution in [0.25, 0.3) is 5.76 Å². The zero-order chi connectivity index (χ0) is 26.7. The van der Waals surface area contributed by atoms with Crippen molar-refractivity contribution in [1.29, 1.82) is 0 Å². The number of likely N-dealkylation sites (N-methyl/N-ethyl adjacent to an activating group) is 1. The highest BCUT2D eigenvalue weighted by atomic mass is 32.2. The predicted molar refractivity (Wildman–Crippen MR) is 142 cm³/mol. The van der Waals surface area contributed by atoms with Crippen LogP contribution in [0.5, 0.6) is 0 Å². The predicted octanol–water partition coefficient (Wildman–Crippen LogP) is 3.87. The molecular weight excluding hydrogens is 504 g/mol. The molecule has 2 aliphatic heterocycles. The second kappa shape index (κ2) is 10.8. The Morgan fingerprint density at radius 2 is 1.66 bits per heavy atom. The normalized spacial score (nSPS) is 17.0. The maximum atomic E-state index is 13.3. The molecule has 0 unspecified atom stereocenters. The smallest absolute Gasteiger partial charge is 0.343 e. The molecule has 2 aliphatic rings. The standard InChI is InChI=1S/C28H28N4O5S/c1-31-25(27(33)30-24-11-5-6-16-29-24)26(22-9-3-4-10-23(22)38(31,35)36)37-28(34)21-14-12-20(13-15-21)19-32-17-7-2-8-18-32/h3-6,9-16H,2,7-8,17-19H2,1H3,(H,29,30,33). The van der Waals surface area contributed by atoms with Gasteiger partial charge >= 0.3 is 5.97 Å². The lowest BCUT2D eigenvalue weighted by atomic mass is 10.1. The van der Waals surface area contributed by atoms with Crippen molar-refractivity contribution in [2.45, 2.75) is 30.7 Å². The molecule has 1 fully saturated rings. The first-order valence-corrected chi connectivity index (χ1v) is 13.9. The van der Waals surface area contributed by atoms with Crippen LogP contribution < -0.4 is 5.32 Å². The average Bonchev–Trinajstić information content (AvgIpc) is 2.93. The number of nitrogens with zero attached hydrogens (tertiary/aromatic N) is 3. The van der Waals surface area contributed by atoms with Gasteiger partial charge in [0.25, 0.3) is 15.9 Å². The van der Waals surface area contributed by atoms with E-state index in [-0.39, 0.29) is 33.3 Å². The van der Waals surface area contributed by atoms with E-state index in [4.69, 9.17) is 4.74 Å². The SMILES string of the molecule is CN1C(C(=O)Nc2ccccn2)=C(OC(=O)c2ccc(CN3CCCCC3)cc2)c2ccccc2S1(=O)=O. The molecule has 38 heavy (non-hydrogen) atoms. The van der Waals surface area contributed by atoms with Crippen molar-refractivity contribution < 1.29 is 22.7 Å². The fourth-order valence-corrected chi connectivity index (χ4v) is 6.04. The molecule has 1 N–H and O–H groups in total. The third-order valence-corrected chi connectivity index (χ3v) is 8.48. The monoisotopic (exact) mass is 532 g/mol. The Balaban J connectivity index is 1.46. The number of aromatic nitrogens is 1. The Morgan fingerprint density at radius 3 is 2.37 bits per heavy atom. The molecule has 0 bridgehead atoms. The maximum Gasteiger partial charge on any atom is 0.343 e. The fraction of sp³-hybridized carbons (Fsp3) is 0.250. The minimum atomic E-state index is -4.06. The number of sulfonamides is 1. The molecule has 3 heterocycles. The van der Waals surface area contributed by atoms with Gasteiger partial charge in [-0.3, -0.25) is 14.0 Å². The molecule has 0 spiro atoms. The summed E-state index contributed by atoms with van der Waals surface area (Å²) >= 11 is 0. The van der Waals surface area contributed by atoms with Crippen LogP contribution in [-0.4, -0.2) is 54.6 Å². The molecule has 2 aromatic carbocycles. The molecule has 0 aliphatic carbocycles. The number of fused-ring (bicyclic) bond motifs is 1. The zero-order valence-electron chi connectivity index (χ0n) is 21.0. The number of carbonyl (C=O) groups is 2. The van der Waals surface area contributed by atoms with E-state index in [9.17, 15) is 18.0 Å². The molecule has 0 atom stereocenters. The highest BCUT2D eigenvalue weighted by Gasteiger charge is 2.39. The number of likely N-dealkylation sites (tertiary alicyclic amines) is 1. The van der Waals surface area contributed by atoms with E-state index in [1.165, 1.54) is 44.6 Å². The van der Waals surface area contributed by atoms with E-state index in [0.717, 1.165) is 29.5 Å². The number of benzene rings is 2. The summed E-state index contributed by atoms with van der Waals surface area (Å²) in [7, 11) is -2.81. The highest BCUT2D eigenvalue weighted by Crippen LogP contribution is 2.37. The van der Waals surface area contributed by atoms with Gasteiger partial charge in [0.15, 0.2) is 11.5 Å². The topological polar surface area (TPSA) is 109 Å². The van der Waals surface area contributed by atoms with Crippen LogP contribution in [0.3, 0.4) is 0 Å². The molecule has 10 heteroatoms. The van der Waals surface area contributed by atoms with Crippen molar-refractivity contribution in [2.24, 2.45) is 0 Å². The summed E-state index contributed by atoms with van der Waals surface area (Å²) in [6.45, 7) is 2.95. The van der Waals surface area contributed by atoms with E-state index in [2.05, 4.69) is 15.2 Å². The number of esters is 1. The van der Waals surface area contributed by atoms with Crippen LogP contribution in [-0.2, 0) is 26.1 Å². The molecule has 1 saturated heterocycles. The third-order valence-electron chi connectivity index (χ3n) is 6.66. The fourth-order valence-electron chi connectivity index (χ4n) is 4.65. The zero-order valence-corrected chi connectivity index (χ0v) is 21.8. The largest absolute Gasteiger partial charge is 0.420 e. The van der Waals surface area contributed by atoms with Crippen molar-refractivity contribution in [3.63, 3.8) is 0 Å². The number of amides is 1. The van der Waals surface area contributed by atoms with Crippen LogP contribution in [0, 0.1) is 0 Å². The van der Waals surface area contributed by atoms with E-state index in [1.54, 1.807) is 42.5 Å². The van der Waals surface area contributed by atoms with Gasteiger partial charge in [-0.2, -0.15) is 0 Å². The van der Waals surface area contributed by atoms with Crippen molar-refractivity contribution >= 4 is 33.5 Å². The number of carbonyl (C=O) groups excluding carboxylic acids is 2. The first-order chi connectivity index (χ1) is 18.3. The summed E-state index contributed by atoms with van der Waals surface area (Å²) in [4.78, 5) is 33.0. The van der Waals surface area contributed by atoms with Gasteiger partial charge in [0, 0.05) is 25.4 Å². The summed E-state index contributed by atoms with van der Waals surface area (Å²) in [5.41, 5.74) is 1.20. The molecule has 0 saturated carbocycles. The molecule has 1 aromatic heterocycles. The second-order valence-corrected chi connectivity index (χ2v) is 11.2. The Hall–Kier alpha value is -4.02. The van der Waals surface area contributed by atoms with E-state index < -0.39 is 21.9 Å². The van der Waals surface area contributed by atoms with Crippen molar-refractivity contribution in [3.05, 3.63) is 95.3 Å². The molecule has 1 amide bonds. The Kier molecular flexibility index (Phi) is 7.26. The van der Waals surface area contributed by atoms with Crippen LogP contribution in [0.1, 0.15) is 40.7 Å². The maximum absolute atomic E-state index is 13.3. The van der Waals surface area contributed by atoms with Crippen molar-refractivity contribution in [1.82, 2.24) is 14.2 Å². The lowest BCUT2D eigenvalue weighted by Gasteiger charge is -2.30. The lowest BCUT2D eigenvalue weighted by molar-refractivity contribution is -0.113. The van der Waals surface area contributed by atoms with Gasteiger partial charge in [0.2, 0.25) is 0 Å². The Morgan fingerprint density at radius 1 is 0.947 bits per heavy atom. The van der Waals surface area contributed by atoms with Crippen LogP contribution in [0.4, 0.5) is 5.82 Å². The van der Waals surface area contributed by atoms with E-state index >= 15 is 0 Å². The number of pyridine rings is 1. The van der Waals surface area contributed by atoms with Gasteiger partial charge in [0.05, 0.1) is 10.5 Å². The first-order valence-electron chi connectivity index (χ1n) is 12.4. The van der Waals surface area contributed by atoms with Gasteiger partial charge in [-0.15, -0.1) is 0 Å². The molecular formula is C28H28N4O5S. The number of rotatable bonds is 6. The molecule has 9 nitrogen and oxygen atoms in total. The summed E-state index contributed by atoms with van der Waals surface area (Å²) < 4.78 is 33.1. The van der Waals surface area contributed by atoms with Gasteiger partial charge < -0.3 is 10.1 Å². The first kappa shape index (κ1) is 25.6. The summed E-state index contributed by atoms with van der Waals surface area (Å²) in [5, 5.41) is 2.59. The van der Waals surface area contributed by atoms with Crippen LogP contribution in [0.2, 0.25) is 0 Å². The van der Waals surface area contributed by atoms with Crippen molar-refractivity contribution in [2.75, 3.05) is 25.5 Å². The van der Waals surface area contributed by atoms with Crippen LogP contribution >= 0.6 is 0 Å². The second-order valence-electron chi connectivity index (χ2n) is 9.24.